The molecule has 3 aromatic rings. The molecule has 1 aliphatic rings. The molecule has 0 bridgehead atoms. The van der Waals surface area contributed by atoms with Crippen molar-refractivity contribution in [2.24, 2.45) is 0 Å². The molecule has 24 heavy (non-hydrogen) atoms. The number of hydrogen-bond donors (Lipinski definition) is 0. The van der Waals surface area contributed by atoms with Crippen LogP contribution in [0.1, 0.15) is 17.0 Å². The summed E-state index contributed by atoms with van der Waals surface area (Å²) in [5, 5.41) is 0. The molecule has 1 aliphatic heterocycles. The highest BCUT2D eigenvalue weighted by Crippen LogP contribution is 2.32. The lowest BCUT2D eigenvalue weighted by atomic mass is 10.1. The van der Waals surface area contributed by atoms with E-state index < -0.39 is 0 Å². The fourth-order valence-electron chi connectivity index (χ4n) is 2.83. The highest BCUT2D eigenvalue weighted by Gasteiger charge is 2.32. The number of rotatable bonds is 3. The second-order valence-electron chi connectivity index (χ2n) is 5.68. The molecule has 2 aromatic heterocycles. The quantitative estimate of drug-likeness (QED) is 0.742. The van der Waals surface area contributed by atoms with Gasteiger partial charge in [0.15, 0.2) is 5.82 Å². The van der Waals surface area contributed by atoms with Crippen LogP contribution in [0.25, 0.3) is 11.4 Å². The maximum absolute atomic E-state index is 13.1. The highest BCUT2D eigenvalue weighted by atomic mass is 19.1. The molecule has 0 spiro atoms. The molecule has 5 nitrogen and oxygen atoms in total. The van der Waals surface area contributed by atoms with E-state index in [-0.39, 0.29) is 18.1 Å². The van der Waals surface area contributed by atoms with Crippen LogP contribution < -0.4 is 4.90 Å². The fraction of sp³-hybridized carbons (Fsp3) is 0.167. The van der Waals surface area contributed by atoms with Crippen molar-refractivity contribution < 1.29 is 13.6 Å². The molecule has 120 valence electrons. The van der Waals surface area contributed by atoms with Crippen LogP contribution in [0.15, 0.2) is 47.1 Å². The van der Waals surface area contributed by atoms with Gasteiger partial charge in [-0.1, -0.05) is 0 Å². The molecule has 3 heterocycles. The lowest BCUT2D eigenvalue weighted by Crippen LogP contribution is -2.26. The molecule has 0 radical (unpaired) electrons. The van der Waals surface area contributed by atoms with Gasteiger partial charge in [-0.25, -0.2) is 14.4 Å². The van der Waals surface area contributed by atoms with Gasteiger partial charge >= 0.3 is 0 Å². The molecule has 6 heteroatoms. The summed E-state index contributed by atoms with van der Waals surface area (Å²) in [5.74, 6) is 1.42. The number of aryl methyl sites for hydroxylation is 1. The van der Waals surface area contributed by atoms with Gasteiger partial charge in [0.25, 0.3) is 0 Å². The largest absolute Gasteiger partial charge is 0.467 e. The lowest BCUT2D eigenvalue weighted by molar-refractivity contribution is -0.117. The summed E-state index contributed by atoms with van der Waals surface area (Å²) in [6, 6.07) is 9.60. The zero-order valence-electron chi connectivity index (χ0n) is 13.0. The third-order valence-corrected chi connectivity index (χ3v) is 4.07. The van der Waals surface area contributed by atoms with Crippen molar-refractivity contribution in [1.82, 2.24) is 9.97 Å². The highest BCUT2D eigenvalue weighted by molar-refractivity contribution is 6.00. The number of carbonyl (C=O) groups excluding carboxylic acids is 1. The first kappa shape index (κ1) is 14.6. The first-order chi connectivity index (χ1) is 11.6. The molecule has 1 amide bonds. The first-order valence-corrected chi connectivity index (χ1v) is 7.58. The van der Waals surface area contributed by atoms with Crippen molar-refractivity contribution in [2.75, 3.05) is 4.90 Å². The van der Waals surface area contributed by atoms with Crippen LogP contribution in [0.3, 0.4) is 0 Å². The van der Waals surface area contributed by atoms with E-state index in [2.05, 4.69) is 9.97 Å². The average molecular weight is 323 g/mol. The zero-order valence-corrected chi connectivity index (χ0v) is 13.0. The maximum atomic E-state index is 13.1. The number of anilines is 1. The molecular weight excluding hydrogens is 309 g/mol. The van der Waals surface area contributed by atoms with Crippen LogP contribution >= 0.6 is 0 Å². The minimum Gasteiger partial charge on any atom is -0.467 e. The number of hydrogen-bond acceptors (Lipinski definition) is 4. The van der Waals surface area contributed by atoms with Gasteiger partial charge in [-0.05, 0) is 43.3 Å². The molecule has 0 saturated heterocycles. The molecule has 1 aromatic carbocycles. The van der Waals surface area contributed by atoms with Gasteiger partial charge in [-0.3, -0.25) is 9.69 Å². The summed E-state index contributed by atoms with van der Waals surface area (Å²) in [7, 11) is 0. The van der Waals surface area contributed by atoms with Crippen molar-refractivity contribution in [3.8, 4) is 11.4 Å². The van der Waals surface area contributed by atoms with Gasteiger partial charge in [0, 0.05) is 16.8 Å². The lowest BCUT2D eigenvalue weighted by Gasteiger charge is -2.16. The van der Waals surface area contributed by atoms with E-state index in [1.54, 1.807) is 29.4 Å². The summed E-state index contributed by atoms with van der Waals surface area (Å²) in [5.41, 5.74) is 2.30. The Morgan fingerprint density at radius 3 is 2.71 bits per heavy atom. The number of amides is 1. The van der Waals surface area contributed by atoms with E-state index >= 15 is 0 Å². The van der Waals surface area contributed by atoms with Crippen LogP contribution in [0.4, 0.5) is 10.2 Å². The van der Waals surface area contributed by atoms with Crippen LogP contribution in [-0.2, 0) is 17.8 Å². The monoisotopic (exact) mass is 323 g/mol. The van der Waals surface area contributed by atoms with E-state index in [1.165, 1.54) is 12.1 Å². The molecule has 4 rings (SSSR count). The topological polar surface area (TPSA) is 59.2 Å². The smallest absolute Gasteiger partial charge is 0.233 e. The number of furan rings is 1. The molecule has 0 atom stereocenters. The van der Waals surface area contributed by atoms with Crippen LogP contribution in [0, 0.1) is 12.7 Å². The van der Waals surface area contributed by atoms with Gasteiger partial charge in [0.1, 0.15) is 17.4 Å². The minimum absolute atomic E-state index is 0.0324. The number of fused-ring (bicyclic) bond motifs is 1. The van der Waals surface area contributed by atoms with Gasteiger partial charge < -0.3 is 4.42 Å². The van der Waals surface area contributed by atoms with Crippen LogP contribution in [0.5, 0.6) is 0 Å². The van der Waals surface area contributed by atoms with E-state index in [0.29, 0.717) is 29.5 Å². The van der Waals surface area contributed by atoms with E-state index in [9.17, 15) is 9.18 Å². The molecular formula is C18H14FN3O2. The predicted octanol–water partition coefficient (Wildman–Crippen LogP) is 3.27. The summed E-state index contributed by atoms with van der Waals surface area (Å²) in [6.45, 7) is 2.19. The van der Waals surface area contributed by atoms with Crippen molar-refractivity contribution >= 4 is 11.7 Å². The summed E-state index contributed by atoms with van der Waals surface area (Å²) in [4.78, 5) is 23.0. The second kappa shape index (κ2) is 5.56. The van der Waals surface area contributed by atoms with E-state index in [1.807, 2.05) is 13.0 Å². The molecule has 0 fully saturated rings. The van der Waals surface area contributed by atoms with Crippen molar-refractivity contribution in [3.63, 3.8) is 0 Å². The Morgan fingerprint density at radius 1 is 1.21 bits per heavy atom. The Balaban J connectivity index is 1.77. The normalized spacial score (nSPS) is 13.4. The van der Waals surface area contributed by atoms with E-state index in [4.69, 9.17) is 4.42 Å². The number of aromatic nitrogens is 2. The van der Waals surface area contributed by atoms with Gasteiger partial charge in [0.05, 0.1) is 19.2 Å². The fourth-order valence-corrected chi connectivity index (χ4v) is 2.83. The minimum atomic E-state index is -0.314. The molecule has 0 aliphatic carbocycles. The third-order valence-electron chi connectivity index (χ3n) is 4.07. The average Bonchev–Trinajstić information content (AvgIpc) is 3.18. The summed E-state index contributed by atoms with van der Waals surface area (Å²) < 4.78 is 18.5. The second-order valence-corrected chi connectivity index (χ2v) is 5.68. The SMILES string of the molecule is Cc1nc(-c2ccc(F)cc2)nc2c1CC(=O)N2Cc1ccco1. The number of carbonyl (C=O) groups is 1. The number of benzene rings is 1. The Labute approximate surface area is 137 Å². The Kier molecular flexibility index (Phi) is 3.37. The summed E-state index contributed by atoms with van der Waals surface area (Å²) in [6.07, 6.45) is 1.86. The van der Waals surface area contributed by atoms with E-state index in [0.717, 1.165) is 11.3 Å². The Hall–Kier alpha value is -3.02. The zero-order chi connectivity index (χ0) is 16.7. The molecule has 0 unspecified atom stereocenters. The van der Waals surface area contributed by atoms with Gasteiger partial charge in [-0.15, -0.1) is 0 Å². The molecule has 0 saturated carbocycles. The standard InChI is InChI=1S/C18H14FN3O2/c1-11-15-9-16(23)22(10-14-3-2-8-24-14)18(15)21-17(20-11)12-4-6-13(19)7-5-12/h2-8H,9-10H2,1H3. The number of halogens is 1. The van der Waals surface area contributed by atoms with Crippen molar-refractivity contribution in [2.45, 2.75) is 19.9 Å². The first-order valence-electron chi connectivity index (χ1n) is 7.58. The van der Waals surface area contributed by atoms with Gasteiger partial charge in [-0.2, -0.15) is 0 Å². The summed E-state index contributed by atoms with van der Waals surface area (Å²) >= 11 is 0. The maximum Gasteiger partial charge on any atom is 0.233 e. The Morgan fingerprint density at radius 2 is 2.00 bits per heavy atom. The van der Waals surface area contributed by atoms with Crippen LogP contribution in [-0.4, -0.2) is 15.9 Å². The Bertz CT molecular complexity index is 905. The molecule has 0 N–H and O–H groups in total. The van der Waals surface area contributed by atoms with Gasteiger partial charge in [0.2, 0.25) is 5.91 Å². The number of nitrogens with zero attached hydrogens (tertiary/aromatic N) is 3. The van der Waals surface area contributed by atoms with Crippen LogP contribution in [0.2, 0.25) is 0 Å². The van der Waals surface area contributed by atoms with Crippen molar-refractivity contribution in [3.05, 3.63) is 65.5 Å². The van der Waals surface area contributed by atoms with Crippen molar-refractivity contribution in [1.29, 1.82) is 0 Å². The predicted molar refractivity (Wildman–Crippen MR) is 85.8 cm³/mol. The third kappa shape index (κ3) is 2.46.